The van der Waals surface area contributed by atoms with Crippen LogP contribution in [0.4, 0.5) is 5.69 Å². The average Bonchev–Trinajstić information content (AvgIpc) is 3.39. The zero-order valence-corrected chi connectivity index (χ0v) is 17.4. The van der Waals surface area contributed by atoms with E-state index in [0.29, 0.717) is 5.92 Å². The molecule has 6 nitrogen and oxygen atoms in total. The number of thiophene rings is 1. The number of para-hydroxylation sites is 1. The Hall–Kier alpha value is -2.25. The van der Waals surface area contributed by atoms with Crippen molar-refractivity contribution in [2.45, 2.75) is 32.9 Å². The van der Waals surface area contributed by atoms with Crippen LogP contribution in [-0.4, -0.2) is 51.3 Å². The van der Waals surface area contributed by atoms with Crippen LogP contribution >= 0.6 is 11.3 Å². The van der Waals surface area contributed by atoms with Gasteiger partial charge < -0.3 is 4.90 Å². The first-order chi connectivity index (χ1) is 13.7. The molecule has 1 saturated heterocycles. The summed E-state index contributed by atoms with van der Waals surface area (Å²) < 4.78 is 1.99. The average molecular weight is 397 g/mol. The summed E-state index contributed by atoms with van der Waals surface area (Å²) in [4.78, 5) is 6.32. The normalized spacial score (nSPS) is 16.6. The van der Waals surface area contributed by atoms with Gasteiger partial charge in [0.05, 0.1) is 12.6 Å². The molecule has 1 aromatic carbocycles. The lowest BCUT2D eigenvalue weighted by Crippen LogP contribution is -2.48. The number of hydrogen-bond acceptors (Lipinski definition) is 6. The summed E-state index contributed by atoms with van der Waals surface area (Å²) in [6.07, 6.45) is 1.07. The smallest absolute Gasteiger partial charge is 0.168 e. The number of tetrazole rings is 1. The fourth-order valence-electron chi connectivity index (χ4n) is 3.91. The fraction of sp³-hybridized carbons (Fsp3) is 0.476. The topological polar surface area (TPSA) is 50.1 Å². The van der Waals surface area contributed by atoms with Crippen LogP contribution in [0.3, 0.4) is 0 Å². The maximum atomic E-state index is 4.45. The third-order valence-electron chi connectivity index (χ3n) is 5.31. The summed E-state index contributed by atoms with van der Waals surface area (Å²) in [6.45, 7) is 9.42. The van der Waals surface area contributed by atoms with Crippen LogP contribution in [0.5, 0.6) is 0 Å². The van der Waals surface area contributed by atoms with E-state index in [0.717, 1.165) is 45.0 Å². The van der Waals surface area contributed by atoms with E-state index in [1.54, 1.807) is 11.3 Å². The number of rotatable bonds is 7. The van der Waals surface area contributed by atoms with Gasteiger partial charge in [-0.1, -0.05) is 38.1 Å². The number of anilines is 1. The highest BCUT2D eigenvalue weighted by atomic mass is 32.1. The van der Waals surface area contributed by atoms with Gasteiger partial charge in [0.25, 0.3) is 0 Å². The molecular formula is C21H28N6S. The summed E-state index contributed by atoms with van der Waals surface area (Å²) in [5.41, 5.74) is 1.31. The second-order valence-electron chi connectivity index (χ2n) is 7.78. The third kappa shape index (κ3) is 4.42. The van der Waals surface area contributed by atoms with Crippen molar-refractivity contribution in [3.63, 3.8) is 0 Å². The van der Waals surface area contributed by atoms with Crippen LogP contribution in [0.1, 0.15) is 37.0 Å². The summed E-state index contributed by atoms with van der Waals surface area (Å²) in [6, 6.07) is 15.2. The number of benzene rings is 1. The van der Waals surface area contributed by atoms with Crippen molar-refractivity contribution in [2.75, 3.05) is 31.1 Å². The lowest BCUT2D eigenvalue weighted by molar-refractivity contribution is 0.153. The van der Waals surface area contributed by atoms with Gasteiger partial charge in [-0.2, -0.15) is 0 Å². The van der Waals surface area contributed by atoms with Gasteiger partial charge in [0.2, 0.25) is 0 Å². The predicted molar refractivity (Wildman–Crippen MR) is 114 cm³/mol. The largest absolute Gasteiger partial charge is 0.369 e. The van der Waals surface area contributed by atoms with E-state index in [9.17, 15) is 0 Å². The molecule has 0 spiro atoms. The maximum Gasteiger partial charge on any atom is 0.168 e. The van der Waals surface area contributed by atoms with Crippen LogP contribution in [0.25, 0.3) is 0 Å². The van der Waals surface area contributed by atoms with Crippen molar-refractivity contribution >= 4 is 17.0 Å². The molecule has 1 fully saturated rings. The molecule has 0 radical (unpaired) electrons. The Morgan fingerprint density at radius 3 is 2.46 bits per heavy atom. The highest BCUT2D eigenvalue weighted by Crippen LogP contribution is 2.28. The van der Waals surface area contributed by atoms with Gasteiger partial charge in [-0.25, -0.2) is 4.68 Å². The molecule has 4 rings (SSSR count). The Kier molecular flexibility index (Phi) is 6.02. The van der Waals surface area contributed by atoms with Crippen LogP contribution in [0, 0.1) is 5.92 Å². The van der Waals surface area contributed by atoms with E-state index in [1.807, 2.05) is 4.68 Å². The van der Waals surface area contributed by atoms with Crippen LogP contribution < -0.4 is 4.90 Å². The van der Waals surface area contributed by atoms with Gasteiger partial charge in [-0.15, -0.1) is 16.4 Å². The van der Waals surface area contributed by atoms with Gasteiger partial charge in [0, 0.05) is 36.7 Å². The Bertz CT molecular complexity index is 837. The van der Waals surface area contributed by atoms with Crippen molar-refractivity contribution in [1.82, 2.24) is 25.1 Å². The quantitative estimate of drug-likeness (QED) is 0.610. The minimum absolute atomic E-state index is 0.257. The van der Waals surface area contributed by atoms with Gasteiger partial charge in [-0.05, 0) is 46.3 Å². The maximum absolute atomic E-state index is 4.45. The first-order valence-corrected chi connectivity index (χ1v) is 10.9. The molecule has 1 aliphatic rings. The first-order valence-electron chi connectivity index (χ1n) is 10.0. The third-order valence-corrected chi connectivity index (χ3v) is 6.18. The van der Waals surface area contributed by atoms with Crippen LogP contribution in [-0.2, 0) is 6.54 Å². The second kappa shape index (κ2) is 8.84. The monoisotopic (exact) mass is 396 g/mol. The molecule has 0 N–H and O–H groups in total. The van der Waals surface area contributed by atoms with Gasteiger partial charge >= 0.3 is 0 Å². The number of aromatic nitrogens is 4. The van der Waals surface area contributed by atoms with Crippen molar-refractivity contribution in [3.05, 3.63) is 58.5 Å². The summed E-state index contributed by atoms with van der Waals surface area (Å²) in [7, 11) is 0. The number of nitrogens with zero attached hydrogens (tertiary/aromatic N) is 6. The van der Waals surface area contributed by atoms with E-state index in [-0.39, 0.29) is 6.04 Å². The predicted octanol–water partition coefficient (Wildman–Crippen LogP) is 3.69. The zero-order valence-electron chi connectivity index (χ0n) is 16.6. The molecule has 7 heteroatoms. The molecule has 1 atom stereocenters. The van der Waals surface area contributed by atoms with E-state index in [1.165, 1.54) is 10.6 Å². The molecule has 0 saturated carbocycles. The zero-order chi connectivity index (χ0) is 19.3. The lowest BCUT2D eigenvalue weighted by atomic mass is 10.0. The number of hydrogen-bond donors (Lipinski definition) is 0. The molecule has 28 heavy (non-hydrogen) atoms. The molecule has 2 aromatic heterocycles. The molecule has 1 aliphatic heterocycles. The summed E-state index contributed by atoms with van der Waals surface area (Å²) in [5, 5.41) is 14.9. The van der Waals surface area contributed by atoms with Gasteiger partial charge in [-0.3, -0.25) is 4.90 Å². The molecule has 3 aromatic rings. The highest BCUT2D eigenvalue weighted by molar-refractivity contribution is 7.09. The Labute approximate surface area is 170 Å². The molecule has 0 amide bonds. The lowest BCUT2D eigenvalue weighted by Gasteiger charge is -2.40. The van der Waals surface area contributed by atoms with Crippen molar-refractivity contribution in [2.24, 2.45) is 5.92 Å². The minimum Gasteiger partial charge on any atom is -0.369 e. The highest BCUT2D eigenvalue weighted by Gasteiger charge is 2.29. The summed E-state index contributed by atoms with van der Waals surface area (Å²) >= 11 is 1.75. The van der Waals surface area contributed by atoms with Crippen molar-refractivity contribution in [1.29, 1.82) is 0 Å². The van der Waals surface area contributed by atoms with E-state index >= 15 is 0 Å². The number of piperazine rings is 1. The van der Waals surface area contributed by atoms with E-state index in [2.05, 4.69) is 87.0 Å². The van der Waals surface area contributed by atoms with Crippen LogP contribution in [0.2, 0.25) is 0 Å². The first kappa shape index (κ1) is 19.1. The van der Waals surface area contributed by atoms with E-state index in [4.69, 9.17) is 0 Å². The molecule has 148 valence electrons. The fourth-order valence-corrected chi connectivity index (χ4v) is 4.59. The van der Waals surface area contributed by atoms with Crippen molar-refractivity contribution in [3.8, 4) is 0 Å². The molecule has 0 bridgehead atoms. The molecule has 0 aliphatic carbocycles. The summed E-state index contributed by atoms with van der Waals surface area (Å²) in [5.74, 6) is 1.58. The standard InChI is InChI=1S/C21H28N6S/c1-17(2)15-20(21-22-23-24-27(21)16-19-9-6-14-28-19)26-12-10-25(11-13-26)18-7-4-3-5-8-18/h3-9,14,17,20H,10-13,15-16H2,1-2H3. The Morgan fingerprint density at radius 1 is 1.00 bits per heavy atom. The molecule has 3 heterocycles. The van der Waals surface area contributed by atoms with Crippen molar-refractivity contribution < 1.29 is 0 Å². The van der Waals surface area contributed by atoms with Gasteiger partial charge in [0.1, 0.15) is 0 Å². The van der Waals surface area contributed by atoms with E-state index < -0.39 is 0 Å². The Balaban J connectivity index is 1.49. The molecular weight excluding hydrogens is 368 g/mol. The Morgan fingerprint density at radius 2 is 1.79 bits per heavy atom. The second-order valence-corrected chi connectivity index (χ2v) is 8.81. The van der Waals surface area contributed by atoms with Gasteiger partial charge in [0.15, 0.2) is 5.82 Å². The SMILES string of the molecule is CC(C)CC(c1nnnn1Cc1cccs1)N1CCN(c2ccccc2)CC1. The minimum atomic E-state index is 0.257. The molecule has 1 unspecified atom stereocenters. The van der Waals surface area contributed by atoms with Crippen LogP contribution in [0.15, 0.2) is 47.8 Å².